The molecular formula is C14H24N4S. The van der Waals surface area contributed by atoms with Crippen LogP contribution in [0.2, 0.25) is 0 Å². The van der Waals surface area contributed by atoms with Gasteiger partial charge in [-0.1, -0.05) is 0 Å². The molecule has 0 aromatic carbocycles. The molecule has 1 aromatic rings. The predicted octanol–water partition coefficient (Wildman–Crippen LogP) is 1.46. The molecule has 2 aliphatic heterocycles. The van der Waals surface area contributed by atoms with E-state index in [-0.39, 0.29) is 0 Å². The molecule has 2 aliphatic rings. The van der Waals surface area contributed by atoms with Crippen molar-refractivity contribution in [2.45, 2.75) is 6.42 Å². The van der Waals surface area contributed by atoms with Crippen LogP contribution >= 0.6 is 11.3 Å². The van der Waals surface area contributed by atoms with E-state index in [0.717, 1.165) is 11.8 Å². The van der Waals surface area contributed by atoms with Crippen molar-refractivity contribution in [2.75, 3.05) is 58.3 Å². The van der Waals surface area contributed by atoms with Gasteiger partial charge in [-0.2, -0.15) is 0 Å². The molecule has 0 N–H and O–H groups in total. The summed E-state index contributed by atoms with van der Waals surface area (Å²) in [6, 6.07) is 0. The Kier molecular flexibility index (Phi) is 4.05. The lowest BCUT2D eigenvalue weighted by atomic mass is 9.89. The van der Waals surface area contributed by atoms with Crippen LogP contribution in [-0.2, 0) is 0 Å². The van der Waals surface area contributed by atoms with Crippen molar-refractivity contribution >= 4 is 16.5 Å². The summed E-state index contributed by atoms with van der Waals surface area (Å²) in [7, 11) is 4.32. The maximum Gasteiger partial charge on any atom is 0.185 e. The Morgan fingerprint density at radius 1 is 1.32 bits per heavy atom. The normalized spacial score (nSPS) is 28.1. The summed E-state index contributed by atoms with van der Waals surface area (Å²) < 4.78 is 0. The fourth-order valence-electron chi connectivity index (χ4n) is 3.32. The van der Waals surface area contributed by atoms with Crippen molar-refractivity contribution in [1.82, 2.24) is 14.8 Å². The molecule has 2 saturated heterocycles. The highest BCUT2D eigenvalue weighted by Crippen LogP contribution is 2.34. The monoisotopic (exact) mass is 280 g/mol. The molecule has 106 valence electrons. The highest BCUT2D eigenvalue weighted by Gasteiger charge is 2.37. The van der Waals surface area contributed by atoms with Crippen LogP contribution in [0.3, 0.4) is 0 Å². The molecule has 3 rings (SSSR count). The number of likely N-dealkylation sites (N-methyl/N-ethyl adjacent to an activating group) is 1. The molecule has 0 bridgehead atoms. The molecule has 0 saturated carbocycles. The predicted molar refractivity (Wildman–Crippen MR) is 80.9 cm³/mol. The molecule has 0 radical (unpaired) electrons. The zero-order valence-electron chi connectivity index (χ0n) is 12.0. The maximum atomic E-state index is 4.46. The molecule has 0 spiro atoms. The first kappa shape index (κ1) is 13.3. The average Bonchev–Trinajstić information content (AvgIpc) is 3.04. The van der Waals surface area contributed by atoms with E-state index in [1.165, 1.54) is 50.8 Å². The van der Waals surface area contributed by atoms with Gasteiger partial charge in [-0.15, -0.1) is 11.3 Å². The molecule has 2 fully saturated rings. The average molecular weight is 280 g/mol. The van der Waals surface area contributed by atoms with Crippen LogP contribution in [-0.4, -0.2) is 68.1 Å². The fourth-order valence-corrected chi connectivity index (χ4v) is 3.98. The lowest BCUT2D eigenvalue weighted by Gasteiger charge is -2.34. The summed E-state index contributed by atoms with van der Waals surface area (Å²) in [6.45, 7) is 7.37. The van der Waals surface area contributed by atoms with Crippen LogP contribution in [0.4, 0.5) is 5.13 Å². The summed E-state index contributed by atoms with van der Waals surface area (Å²) >= 11 is 1.78. The van der Waals surface area contributed by atoms with Gasteiger partial charge in [0, 0.05) is 44.3 Å². The highest BCUT2D eigenvalue weighted by atomic mass is 32.1. The maximum absolute atomic E-state index is 4.46. The highest BCUT2D eigenvalue weighted by molar-refractivity contribution is 7.13. The fraction of sp³-hybridized carbons (Fsp3) is 0.786. The van der Waals surface area contributed by atoms with E-state index >= 15 is 0 Å². The van der Waals surface area contributed by atoms with E-state index in [1.807, 2.05) is 6.20 Å². The van der Waals surface area contributed by atoms with Crippen molar-refractivity contribution < 1.29 is 0 Å². The summed E-state index contributed by atoms with van der Waals surface area (Å²) in [4.78, 5) is 11.9. The number of hydrogen-bond donors (Lipinski definition) is 0. The number of rotatable bonds is 4. The number of hydrogen-bond acceptors (Lipinski definition) is 5. The second-order valence-electron chi connectivity index (χ2n) is 6.13. The Balaban J connectivity index is 1.54. The number of thiazole rings is 1. The van der Waals surface area contributed by atoms with Crippen molar-refractivity contribution in [1.29, 1.82) is 0 Å². The van der Waals surface area contributed by atoms with Gasteiger partial charge in [0.1, 0.15) is 0 Å². The van der Waals surface area contributed by atoms with Crippen LogP contribution in [0.5, 0.6) is 0 Å². The Hall–Kier alpha value is -0.650. The molecule has 3 heterocycles. The van der Waals surface area contributed by atoms with Crippen LogP contribution < -0.4 is 4.90 Å². The number of piperidine rings is 1. The SMILES string of the molecule is CN(C)CCN1CC[C@H]2CN(c3nccs3)C[C@H]2C1. The molecule has 5 heteroatoms. The third-order valence-electron chi connectivity index (χ3n) is 4.44. The van der Waals surface area contributed by atoms with E-state index in [9.17, 15) is 0 Å². The van der Waals surface area contributed by atoms with Crippen molar-refractivity contribution in [3.8, 4) is 0 Å². The second kappa shape index (κ2) is 5.77. The van der Waals surface area contributed by atoms with Crippen molar-refractivity contribution in [3.63, 3.8) is 0 Å². The Morgan fingerprint density at radius 3 is 2.89 bits per heavy atom. The van der Waals surface area contributed by atoms with Gasteiger partial charge in [-0.3, -0.25) is 0 Å². The number of aromatic nitrogens is 1. The molecular weight excluding hydrogens is 256 g/mol. The van der Waals surface area contributed by atoms with Gasteiger partial charge in [0.05, 0.1) is 0 Å². The van der Waals surface area contributed by atoms with Crippen LogP contribution in [0.25, 0.3) is 0 Å². The van der Waals surface area contributed by atoms with Crippen LogP contribution in [0.1, 0.15) is 6.42 Å². The van der Waals surface area contributed by atoms with Gasteiger partial charge in [0.2, 0.25) is 0 Å². The van der Waals surface area contributed by atoms with Gasteiger partial charge < -0.3 is 14.7 Å². The first-order valence-corrected chi connectivity index (χ1v) is 8.12. The molecule has 0 aliphatic carbocycles. The van der Waals surface area contributed by atoms with Gasteiger partial charge in [-0.25, -0.2) is 4.98 Å². The number of anilines is 1. The first-order chi connectivity index (χ1) is 9.22. The van der Waals surface area contributed by atoms with Crippen molar-refractivity contribution in [2.24, 2.45) is 11.8 Å². The smallest absolute Gasteiger partial charge is 0.185 e. The van der Waals surface area contributed by atoms with Gasteiger partial charge in [-0.05, 0) is 38.9 Å². The number of fused-ring (bicyclic) bond motifs is 1. The summed E-state index contributed by atoms with van der Waals surface area (Å²) in [6.07, 6.45) is 3.28. The second-order valence-corrected chi connectivity index (χ2v) is 7.01. The van der Waals surface area contributed by atoms with Crippen LogP contribution in [0, 0.1) is 11.8 Å². The lowest BCUT2D eigenvalue weighted by molar-refractivity contribution is 0.139. The zero-order valence-corrected chi connectivity index (χ0v) is 12.8. The Labute approximate surface area is 120 Å². The summed E-state index contributed by atoms with van der Waals surface area (Å²) in [5.74, 6) is 1.74. The first-order valence-electron chi connectivity index (χ1n) is 7.24. The molecule has 1 aromatic heterocycles. The molecule has 0 amide bonds. The van der Waals surface area contributed by atoms with E-state index in [4.69, 9.17) is 0 Å². The number of nitrogens with zero attached hydrogens (tertiary/aromatic N) is 4. The third-order valence-corrected chi connectivity index (χ3v) is 5.27. The largest absolute Gasteiger partial charge is 0.347 e. The minimum atomic E-state index is 0.847. The summed E-state index contributed by atoms with van der Waals surface area (Å²) in [5, 5.41) is 3.30. The van der Waals surface area contributed by atoms with E-state index in [1.54, 1.807) is 11.3 Å². The lowest BCUT2D eigenvalue weighted by Crippen LogP contribution is -2.42. The minimum absolute atomic E-state index is 0.847. The summed E-state index contributed by atoms with van der Waals surface area (Å²) in [5.41, 5.74) is 0. The van der Waals surface area contributed by atoms with E-state index < -0.39 is 0 Å². The Bertz CT molecular complexity index is 392. The molecule has 0 unspecified atom stereocenters. The molecule has 19 heavy (non-hydrogen) atoms. The van der Waals surface area contributed by atoms with Gasteiger partial charge in [0.25, 0.3) is 0 Å². The van der Waals surface area contributed by atoms with E-state index in [2.05, 4.69) is 39.2 Å². The van der Waals surface area contributed by atoms with Gasteiger partial charge >= 0.3 is 0 Å². The third kappa shape index (κ3) is 3.09. The van der Waals surface area contributed by atoms with Crippen LogP contribution in [0.15, 0.2) is 11.6 Å². The van der Waals surface area contributed by atoms with Crippen molar-refractivity contribution in [3.05, 3.63) is 11.6 Å². The number of likely N-dealkylation sites (tertiary alicyclic amines) is 1. The standard InChI is InChI=1S/C14H24N4S/c1-16(2)6-7-17-5-3-12-10-18(11-13(12)9-17)14-15-4-8-19-14/h4,8,12-13H,3,5-7,9-11H2,1-2H3/t12-,13+/m0/s1. The molecule has 4 nitrogen and oxygen atoms in total. The topological polar surface area (TPSA) is 22.6 Å². The van der Waals surface area contributed by atoms with E-state index in [0.29, 0.717) is 0 Å². The zero-order chi connectivity index (χ0) is 13.2. The quantitative estimate of drug-likeness (QED) is 0.833. The minimum Gasteiger partial charge on any atom is -0.347 e. The molecule has 2 atom stereocenters. The van der Waals surface area contributed by atoms with Gasteiger partial charge in [0.15, 0.2) is 5.13 Å². The Morgan fingerprint density at radius 2 is 2.16 bits per heavy atom.